The van der Waals surface area contributed by atoms with Crippen LogP contribution in [-0.2, 0) is 28.6 Å². The lowest BCUT2D eigenvalue weighted by Crippen LogP contribution is -2.30. The zero-order chi connectivity index (χ0) is 41.5. The Kier molecular flexibility index (Phi) is 43.0. The normalized spacial score (nSPS) is 12.7. The van der Waals surface area contributed by atoms with Crippen LogP contribution in [0.2, 0.25) is 0 Å². The largest absolute Gasteiger partial charge is 0.462 e. The monoisotopic (exact) mass is 795 g/mol. The van der Waals surface area contributed by atoms with Crippen LogP contribution in [0.25, 0.3) is 0 Å². The maximum Gasteiger partial charge on any atom is 0.306 e. The molecule has 0 saturated carbocycles. The quantitative estimate of drug-likeness (QED) is 0.0265. The average molecular weight is 795 g/mol. The highest BCUT2D eigenvalue weighted by Crippen LogP contribution is 2.13. The molecule has 0 N–H and O–H groups in total. The summed E-state index contributed by atoms with van der Waals surface area (Å²) >= 11 is 0. The minimum Gasteiger partial charge on any atom is -0.462 e. The molecule has 0 aromatic heterocycles. The van der Waals surface area contributed by atoms with Crippen molar-refractivity contribution < 1.29 is 28.6 Å². The van der Waals surface area contributed by atoms with E-state index >= 15 is 0 Å². The molecule has 6 heteroatoms. The van der Waals surface area contributed by atoms with Gasteiger partial charge in [0.25, 0.3) is 0 Å². The van der Waals surface area contributed by atoms with E-state index in [2.05, 4.69) is 93.7 Å². The maximum atomic E-state index is 12.7. The minimum absolute atomic E-state index is 0.0956. The molecule has 0 aliphatic rings. The van der Waals surface area contributed by atoms with Crippen molar-refractivity contribution in [1.82, 2.24) is 0 Å². The molecule has 0 aliphatic carbocycles. The third-order valence-corrected chi connectivity index (χ3v) is 9.70. The van der Waals surface area contributed by atoms with Crippen LogP contribution in [0.3, 0.4) is 0 Å². The molecule has 0 fully saturated rings. The summed E-state index contributed by atoms with van der Waals surface area (Å²) in [6.45, 7) is 6.39. The van der Waals surface area contributed by atoms with Crippen LogP contribution in [0.4, 0.5) is 0 Å². The van der Waals surface area contributed by atoms with E-state index in [-0.39, 0.29) is 37.5 Å². The Morgan fingerprint density at radius 1 is 0.368 bits per heavy atom. The van der Waals surface area contributed by atoms with Crippen molar-refractivity contribution in [2.75, 3.05) is 13.2 Å². The maximum absolute atomic E-state index is 12.7. The number of allylic oxidation sites excluding steroid dienone is 12. The number of rotatable bonds is 41. The molecular formula is C51H86O6. The van der Waals surface area contributed by atoms with Gasteiger partial charge in [0.2, 0.25) is 0 Å². The fourth-order valence-corrected chi connectivity index (χ4v) is 6.17. The molecule has 0 heterocycles. The third kappa shape index (κ3) is 43.8. The predicted octanol–water partition coefficient (Wildman–Crippen LogP) is 15.1. The molecule has 6 nitrogen and oxygen atoms in total. The van der Waals surface area contributed by atoms with Crippen LogP contribution in [-0.4, -0.2) is 37.2 Å². The summed E-state index contributed by atoms with van der Waals surface area (Å²) in [7, 11) is 0. The predicted molar refractivity (Wildman–Crippen MR) is 242 cm³/mol. The summed E-state index contributed by atoms with van der Waals surface area (Å²) in [4.78, 5) is 37.6. The highest BCUT2D eigenvalue weighted by Gasteiger charge is 2.19. The van der Waals surface area contributed by atoms with Crippen molar-refractivity contribution in [3.8, 4) is 0 Å². The fraction of sp³-hybridized carbons (Fsp3) is 0.706. The van der Waals surface area contributed by atoms with Gasteiger partial charge in [-0.1, -0.05) is 177 Å². The fourth-order valence-electron chi connectivity index (χ4n) is 6.17. The van der Waals surface area contributed by atoms with Gasteiger partial charge < -0.3 is 14.2 Å². The van der Waals surface area contributed by atoms with Crippen molar-refractivity contribution in [3.63, 3.8) is 0 Å². The summed E-state index contributed by atoms with van der Waals surface area (Å²) in [5.41, 5.74) is 0. The Hall–Kier alpha value is -3.15. The van der Waals surface area contributed by atoms with Gasteiger partial charge in [-0.3, -0.25) is 14.4 Å². The molecule has 1 atom stereocenters. The first-order chi connectivity index (χ1) is 28.0. The molecule has 0 radical (unpaired) electrons. The van der Waals surface area contributed by atoms with E-state index in [1.54, 1.807) is 0 Å². The van der Waals surface area contributed by atoms with Gasteiger partial charge in [0, 0.05) is 19.3 Å². The van der Waals surface area contributed by atoms with Gasteiger partial charge in [-0.25, -0.2) is 0 Å². The number of carbonyl (C=O) groups is 3. The zero-order valence-corrected chi connectivity index (χ0v) is 37.1. The molecule has 0 rings (SSSR count). The van der Waals surface area contributed by atoms with Crippen LogP contribution in [0.1, 0.15) is 213 Å². The average Bonchev–Trinajstić information content (AvgIpc) is 3.21. The number of hydrogen-bond donors (Lipinski definition) is 0. The van der Waals surface area contributed by atoms with Crippen LogP contribution < -0.4 is 0 Å². The van der Waals surface area contributed by atoms with Crippen molar-refractivity contribution in [1.29, 1.82) is 0 Å². The smallest absolute Gasteiger partial charge is 0.306 e. The molecule has 326 valence electrons. The topological polar surface area (TPSA) is 78.9 Å². The Bertz CT molecular complexity index is 1100. The van der Waals surface area contributed by atoms with Crippen LogP contribution in [0.5, 0.6) is 0 Å². The molecule has 0 aromatic carbocycles. The van der Waals surface area contributed by atoms with Crippen LogP contribution >= 0.6 is 0 Å². The van der Waals surface area contributed by atoms with E-state index < -0.39 is 6.10 Å². The van der Waals surface area contributed by atoms with E-state index in [1.165, 1.54) is 77.0 Å². The van der Waals surface area contributed by atoms with Gasteiger partial charge in [0.15, 0.2) is 6.10 Å². The number of hydrogen-bond acceptors (Lipinski definition) is 6. The first-order valence-electron chi connectivity index (χ1n) is 23.4. The van der Waals surface area contributed by atoms with Gasteiger partial charge in [-0.15, -0.1) is 0 Å². The zero-order valence-electron chi connectivity index (χ0n) is 37.1. The summed E-state index contributed by atoms with van der Waals surface area (Å²) in [5, 5.41) is 0. The van der Waals surface area contributed by atoms with E-state index in [0.29, 0.717) is 19.3 Å². The lowest BCUT2D eigenvalue weighted by Gasteiger charge is -2.18. The summed E-state index contributed by atoms with van der Waals surface area (Å²) < 4.78 is 16.6. The van der Waals surface area contributed by atoms with E-state index in [9.17, 15) is 14.4 Å². The van der Waals surface area contributed by atoms with Gasteiger partial charge >= 0.3 is 17.9 Å². The van der Waals surface area contributed by atoms with E-state index in [4.69, 9.17) is 14.2 Å². The third-order valence-electron chi connectivity index (χ3n) is 9.70. The summed E-state index contributed by atoms with van der Waals surface area (Å²) in [6.07, 6.45) is 56.2. The first kappa shape index (κ1) is 53.9. The second-order valence-electron chi connectivity index (χ2n) is 15.3. The summed E-state index contributed by atoms with van der Waals surface area (Å²) in [6, 6.07) is 0. The molecule has 0 aliphatic heterocycles. The highest BCUT2D eigenvalue weighted by atomic mass is 16.6. The molecule has 0 amide bonds. The minimum atomic E-state index is -0.795. The molecule has 0 spiro atoms. The molecule has 0 saturated heterocycles. The highest BCUT2D eigenvalue weighted by molar-refractivity contribution is 5.71. The van der Waals surface area contributed by atoms with Crippen molar-refractivity contribution >= 4 is 17.9 Å². The van der Waals surface area contributed by atoms with Crippen LogP contribution in [0, 0.1) is 0 Å². The number of esters is 3. The van der Waals surface area contributed by atoms with Gasteiger partial charge in [-0.05, 0) is 89.9 Å². The second-order valence-corrected chi connectivity index (χ2v) is 15.3. The van der Waals surface area contributed by atoms with Gasteiger partial charge in [0.05, 0.1) is 0 Å². The Balaban J connectivity index is 4.33. The van der Waals surface area contributed by atoms with Crippen molar-refractivity contribution in [2.45, 2.75) is 219 Å². The van der Waals surface area contributed by atoms with Gasteiger partial charge in [-0.2, -0.15) is 0 Å². The summed E-state index contributed by atoms with van der Waals surface area (Å²) in [5.74, 6) is -0.959. The van der Waals surface area contributed by atoms with Gasteiger partial charge in [0.1, 0.15) is 13.2 Å². The molecule has 1 unspecified atom stereocenters. The number of ether oxygens (including phenoxy) is 3. The molecule has 0 bridgehead atoms. The van der Waals surface area contributed by atoms with Crippen molar-refractivity contribution in [2.24, 2.45) is 0 Å². The number of unbranched alkanes of at least 4 members (excludes halogenated alkanes) is 18. The Morgan fingerprint density at radius 3 is 1.12 bits per heavy atom. The van der Waals surface area contributed by atoms with Crippen LogP contribution in [0.15, 0.2) is 72.9 Å². The van der Waals surface area contributed by atoms with Crippen molar-refractivity contribution in [3.05, 3.63) is 72.9 Å². The molecular weight excluding hydrogens is 709 g/mol. The standard InChI is InChI=1S/C51H86O6/c1-4-7-10-13-16-18-20-22-24-25-26-28-29-31-33-35-38-41-44-50(53)56-47-48(46-55-49(52)43-40-37-15-12-9-6-3)57-51(54)45-42-39-36-34-32-30-27-23-21-19-17-14-11-8-5-2/h8,11,17-20,23-25,27,32,34,48H,4-7,9-10,12-16,21-22,26,28-31,33,35-47H2,1-3H3/b11-8-,19-17-,20-18-,25-24-,27-23-,34-32-. The molecule has 57 heavy (non-hydrogen) atoms. The second kappa shape index (κ2) is 45.6. The Labute approximate surface area is 351 Å². The lowest BCUT2D eigenvalue weighted by molar-refractivity contribution is -0.167. The number of carbonyl (C=O) groups excluding carboxylic acids is 3. The van der Waals surface area contributed by atoms with E-state index in [0.717, 1.165) is 89.9 Å². The first-order valence-corrected chi connectivity index (χ1v) is 23.4. The lowest BCUT2D eigenvalue weighted by atomic mass is 10.1. The molecule has 0 aromatic rings. The van der Waals surface area contributed by atoms with E-state index in [1.807, 2.05) is 0 Å². The SMILES string of the molecule is CC/C=C\C/C=C\C/C=C\C/C=C\CCCCC(=O)OC(COC(=O)CCCCCCCC)COC(=O)CCCCCCCCC/C=C\C/C=C\CCCCCC. The Morgan fingerprint density at radius 2 is 0.684 bits per heavy atom.